The number of pyridine rings is 1. The van der Waals surface area contributed by atoms with E-state index in [9.17, 15) is 22.8 Å². The molecule has 0 saturated heterocycles. The molecule has 1 aliphatic heterocycles. The SMILES string of the molecule is O=C(/C=C/CBr)Nc1ccc(-c2cc(-c3cc4c([nH]3)CCNC4=O)ccn2)cc1.O=C(O)C(F)(F)F. The maximum atomic E-state index is 12.0. The number of alkyl halides is 4. The van der Waals surface area contributed by atoms with Gasteiger partial charge in [-0.05, 0) is 30.3 Å². The minimum Gasteiger partial charge on any atom is -0.475 e. The summed E-state index contributed by atoms with van der Waals surface area (Å²) < 4.78 is 31.7. The van der Waals surface area contributed by atoms with E-state index in [2.05, 4.69) is 36.5 Å². The predicted octanol–water partition coefficient (Wildman–Crippen LogP) is 4.55. The molecule has 0 unspecified atom stereocenters. The van der Waals surface area contributed by atoms with Crippen molar-refractivity contribution in [2.75, 3.05) is 17.2 Å². The third kappa shape index (κ3) is 7.04. The molecule has 188 valence electrons. The number of carbonyl (C=O) groups excluding carboxylic acids is 2. The number of benzene rings is 1. The van der Waals surface area contributed by atoms with Crippen LogP contribution in [-0.4, -0.2) is 50.9 Å². The molecule has 2 amide bonds. The number of carboxylic acids is 1. The number of anilines is 1. The fraction of sp³-hybridized carbons (Fsp3) is 0.167. The number of aromatic amines is 1. The highest BCUT2D eigenvalue weighted by atomic mass is 79.9. The Morgan fingerprint density at radius 1 is 1.14 bits per heavy atom. The molecule has 0 aliphatic carbocycles. The monoisotopic (exact) mass is 564 g/mol. The third-order valence-corrected chi connectivity index (χ3v) is 5.30. The van der Waals surface area contributed by atoms with Crippen LogP contribution in [0.15, 0.2) is 60.8 Å². The maximum absolute atomic E-state index is 12.0. The molecule has 36 heavy (non-hydrogen) atoms. The van der Waals surface area contributed by atoms with Crippen LogP contribution in [0.2, 0.25) is 0 Å². The summed E-state index contributed by atoms with van der Waals surface area (Å²) in [4.78, 5) is 40.5. The largest absolute Gasteiger partial charge is 0.490 e. The zero-order valence-corrected chi connectivity index (χ0v) is 20.1. The highest BCUT2D eigenvalue weighted by molar-refractivity contribution is 9.09. The van der Waals surface area contributed by atoms with E-state index < -0.39 is 12.1 Å². The standard InChI is InChI=1S/C22H19BrN4O2.C2HF3O2/c23-9-1-2-21(28)26-16-5-3-14(4-6-16)19-12-15(7-10-24-19)20-13-17-18(27-20)8-11-25-22(17)29;3-2(4,5)1(6)7/h1-7,10,12-13,27H,8-9,11H2,(H,25,29)(H,26,28);(H,6,7)/b2-1+;. The number of hydrogen-bond acceptors (Lipinski definition) is 4. The van der Waals surface area contributed by atoms with Crippen molar-refractivity contribution in [1.29, 1.82) is 0 Å². The lowest BCUT2D eigenvalue weighted by Gasteiger charge is -2.11. The molecule has 12 heteroatoms. The smallest absolute Gasteiger partial charge is 0.475 e. The highest BCUT2D eigenvalue weighted by Gasteiger charge is 2.38. The first-order chi connectivity index (χ1) is 17.1. The molecule has 8 nitrogen and oxygen atoms in total. The van der Waals surface area contributed by atoms with Crippen LogP contribution in [0.4, 0.5) is 18.9 Å². The van der Waals surface area contributed by atoms with E-state index in [-0.39, 0.29) is 11.8 Å². The van der Waals surface area contributed by atoms with Gasteiger partial charge >= 0.3 is 12.1 Å². The number of halogens is 4. The van der Waals surface area contributed by atoms with E-state index >= 15 is 0 Å². The second kappa shape index (κ2) is 11.7. The second-order valence-corrected chi connectivity index (χ2v) is 8.08. The number of allylic oxidation sites excluding steroid dienone is 1. The first-order valence-corrected chi connectivity index (χ1v) is 11.6. The summed E-state index contributed by atoms with van der Waals surface area (Å²) in [5, 5.41) is 13.4. The molecule has 0 radical (unpaired) electrons. The molecule has 0 atom stereocenters. The number of aliphatic carboxylic acids is 1. The minimum atomic E-state index is -5.08. The highest BCUT2D eigenvalue weighted by Crippen LogP contribution is 2.27. The minimum absolute atomic E-state index is 0.0355. The Morgan fingerprint density at radius 2 is 1.83 bits per heavy atom. The lowest BCUT2D eigenvalue weighted by atomic mass is 10.1. The van der Waals surface area contributed by atoms with E-state index in [1.54, 1.807) is 12.3 Å². The summed E-state index contributed by atoms with van der Waals surface area (Å²) in [6, 6.07) is 13.3. The number of hydrogen-bond donors (Lipinski definition) is 4. The summed E-state index contributed by atoms with van der Waals surface area (Å²) in [5.41, 5.74) is 6.02. The molecule has 1 aromatic carbocycles. The van der Waals surface area contributed by atoms with Gasteiger partial charge in [-0.2, -0.15) is 13.2 Å². The Bertz CT molecular complexity index is 1290. The topological polar surface area (TPSA) is 124 Å². The van der Waals surface area contributed by atoms with Gasteiger partial charge in [-0.15, -0.1) is 0 Å². The Balaban J connectivity index is 0.000000454. The number of carboxylic acid groups (broad SMARTS) is 1. The van der Waals surface area contributed by atoms with Crippen LogP contribution in [0.1, 0.15) is 16.1 Å². The fourth-order valence-corrected chi connectivity index (χ4v) is 3.45. The molecule has 0 fully saturated rings. The number of rotatable bonds is 5. The van der Waals surface area contributed by atoms with Gasteiger partial charge in [0.05, 0.1) is 11.3 Å². The maximum Gasteiger partial charge on any atom is 0.490 e. The number of amides is 2. The summed E-state index contributed by atoms with van der Waals surface area (Å²) >= 11 is 3.24. The van der Waals surface area contributed by atoms with Gasteiger partial charge in [0.1, 0.15) is 0 Å². The number of H-pyrrole nitrogens is 1. The van der Waals surface area contributed by atoms with E-state index in [1.807, 2.05) is 42.5 Å². The van der Waals surface area contributed by atoms with Crippen LogP contribution in [0, 0.1) is 0 Å². The lowest BCUT2D eigenvalue weighted by molar-refractivity contribution is -0.192. The summed E-state index contributed by atoms with van der Waals surface area (Å²) in [5.74, 6) is -2.96. The molecule has 0 bridgehead atoms. The predicted molar refractivity (Wildman–Crippen MR) is 131 cm³/mol. The number of carbonyl (C=O) groups is 3. The zero-order chi connectivity index (χ0) is 26.3. The van der Waals surface area contributed by atoms with Crippen molar-refractivity contribution in [2.24, 2.45) is 0 Å². The van der Waals surface area contributed by atoms with Crippen molar-refractivity contribution in [2.45, 2.75) is 12.6 Å². The molecular weight excluding hydrogens is 545 g/mol. The number of nitrogens with one attached hydrogen (secondary N) is 3. The van der Waals surface area contributed by atoms with Crippen LogP contribution in [0.25, 0.3) is 22.5 Å². The van der Waals surface area contributed by atoms with Crippen molar-refractivity contribution < 1.29 is 32.7 Å². The molecule has 4 N–H and O–H groups in total. The average molecular weight is 565 g/mol. The van der Waals surface area contributed by atoms with Crippen LogP contribution < -0.4 is 10.6 Å². The molecule has 4 rings (SSSR count). The molecule has 0 spiro atoms. The number of fused-ring (bicyclic) bond motifs is 1. The second-order valence-electron chi connectivity index (χ2n) is 7.44. The Kier molecular flexibility index (Phi) is 8.64. The molecule has 1 aliphatic rings. The third-order valence-electron chi connectivity index (χ3n) is 4.92. The number of nitrogens with zero attached hydrogens (tertiary/aromatic N) is 1. The summed E-state index contributed by atoms with van der Waals surface area (Å²) in [7, 11) is 0. The van der Waals surface area contributed by atoms with Crippen LogP contribution in [0.3, 0.4) is 0 Å². The molecular formula is C24H20BrF3N4O4. The normalized spacial score (nSPS) is 12.8. The summed E-state index contributed by atoms with van der Waals surface area (Å²) in [6.07, 6.45) is 0.702. The van der Waals surface area contributed by atoms with Gasteiger partial charge in [0.25, 0.3) is 5.91 Å². The molecule has 2 aromatic heterocycles. The fourth-order valence-electron chi connectivity index (χ4n) is 3.26. The van der Waals surface area contributed by atoms with Crippen molar-refractivity contribution in [3.05, 3.63) is 72.1 Å². The lowest BCUT2D eigenvalue weighted by Crippen LogP contribution is -2.31. The Morgan fingerprint density at radius 3 is 2.44 bits per heavy atom. The van der Waals surface area contributed by atoms with E-state index in [1.165, 1.54) is 6.08 Å². The van der Waals surface area contributed by atoms with Gasteiger partial charge in [-0.3, -0.25) is 14.6 Å². The number of aromatic nitrogens is 2. The van der Waals surface area contributed by atoms with Crippen LogP contribution in [0.5, 0.6) is 0 Å². The molecule has 3 heterocycles. The van der Waals surface area contributed by atoms with Gasteiger partial charge in [-0.1, -0.05) is 34.1 Å². The van der Waals surface area contributed by atoms with E-state index in [4.69, 9.17) is 9.90 Å². The van der Waals surface area contributed by atoms with Gasteiger partial charge in [0.15, 0.2) is 0 Å². The quantitative estimate of drug-likeness (QED) is 0.267. The molecule has 0 saturated carbocycles. The van der Waals surface area contributed by atoms with Crippen molar-refractivity contribution >= 4 is 39.4 Å². The van der Waals surface area contributed by atoms with Crippen molar-refractivity contribution in [3.63, 3.8) is 0 Å². The van der Waals surface area contributed by atoms with E-state index in [0.717, 1.165) is 40.3 Å². The zero-order valence-electron chi connectivity index (χ0n) is 18.5. The van der Waals surface area contributed by atoms with Gasteiger partial charge in [-0.25, -0.2) is 4.79 Å². The van der Waals surface area contributed by atoms with Crippen LogP contribution in [-0.2, 0) is 16.0 Å². The average Bonchev–Trinajstić information content (AvgIpc) is 3.29. The van der Waals surface area contributed by atoms with Gasteiger partial charge < -0.3 is 20.7 Å². The van der Waals surface area contributed by atoms with Crippen molar-refractivity contribution in [1.82, 2.24) is 15.3 Å². The van der Waals surface area contributed by atoms with Gasteiger partial charge in [0.2, 0.25) is 5.91 Å². The summed E-state index contributed by atoms with van der Waals surface area (Å²) in [6.45, 7) is 0.655. The first kappa shape index (κ1) is 26.7. The van der Waals surface area contributed by atoms with E-state index in [0.29, 0.717) is 17.4 Å². The Hall–Kier alpha value is -3.93. The van der Waals surface area contributed by atoms with Crippen LogP contribution >= 0.6 is 15.9 Å². The first-order valence-electron chi connectivity index (χ1n) is 10.5. The van der Waals surface area contributed by atoms with Gasteiger partial charge in [0, 0.05) is 58.8 Å². The Labute approximate surface area is 211 Å². The molecule has 3 aromatic rings. The van der Waals surface area contributed by atoms with Crippen molar-refractivity contribution in [3.8, 4) is 22.5 Å².